The lowest BCUT2D eigenvalue weighted by Gasteiger charge is -2.30. The molecule has 3 aliphatic rings. The predicted octanol–water partition coefficient (Wildman–Crippen LogP) is 6.04. The van der Waals surface area contributed by atoms with Crippen molar-refractivity contribution in [2.24, 2.45) is 17.3 Å². The topological polar surface area (TPSA) is 200 Å². The van der Waals surface area contributed by atoms with Crippen LogP contribution in [-0.2, 0) is 19.1 Å². The van der Waals surface area contributed by atoms with Crippen LogP contribution < -0.4 is 10.6 Å². The zero-order valence-electron chi connectivity index (χ0n) is 33.7. The quantitative estimate of drug-likeness (QED) is 0.129. The minimum absolute atomic E-state index is 0.0953. The molecule has 5 heterocycles. The fourth-order valence-corrected chi connectivity index (χ4v) is 8.46. The molecule has 58 heavy (non-hydrogen) atoms. The third kappa shape index (κ3) is 7.42. The number of likely N-dealkylation sites (tertiary alicyclic amines) is 2. The van der Waals surface area contributed by atoms with E-state index in [2.05, 4.69) is 25.6 Å². The highest BCUT2D eigenvalue weighted by molar-refractivity contribution is 5.88. The molecule has 2 saturated heterocycles. The van der Waals surface area contributed by atoms with E-state index in [1.165, 1.54) is 14.2 Å². The summed E-state index contributed by atoms with van der Waals surface area (Å²) in [6.07, 6.45) is 6.81. The smallest absolute Gasteiger partial charge is 0.407 e. The monoisotopic (exact) mass is 790 g/mol. The van der Waals surface area contributed by atoms with Gasteiger partial charge in [0, 0.05) is 24.2 Å². The number of aromatic amines is 2. The Hall–Kier alpha value is -6.06. The number of rotatable bonds is 10. The molecule has 1 saturated carbocycles. The number of imidazole rings is 2. The maximum absolute atomic E-state index is 13.9. The number of nitrogens with zero attached hydrogens (tertiary/aromatic N) is 6. The number of nitrogens with one attached hydrogen (secondary N) is 4. The largest absolute Gasteiger partial charge is 0.453 e. The molecule has 4 N–H and O–H groups in total. The van der Waals surface area contributed by atoms with Gasteiger partial charge in [-0.3, -0.25) is 14.6 Å². The van der Waals surface area contributed by atoms with Crippen molar-refractivity contribution in [3.63, 3.8) is 0 Å². The summed E-state index contributed by atoms with van der Waals surface area (Å²) in [6.45, 7) is 8.83. The molecule has 8 rings (SSSR count). The van der Waals surface area contributed by atoms with E-state index in [1.807, 2.05) is 69.0 Å². The van der Waals surface area contributed by atoms with Gasteiger partial charge in [0.1, 0.15) is 23.7 Å². The Morgan fingerprint density at radius 3 is 2.10 bits per heavy atom. The number of alkyl carbamates (subject to hydrolysis) is 2. The number of hydrogen-bond donors (Lipinski definition) is 4. The van der Waals surface area contributed by atoms with Crippen LogP contribution in [0.4, 0.5) is 9.59 Å². The van der Waals surface area contributed by atoms with Gasteiger partial charge in [0.25, 0.3) is 0 Å². The summed E-state index contributed by atoms with van der Waals surface area (Å²) in [4.78, 5) is 81.6. The normalized spacial score (nSPS) is 19.6. The molecule has 16 heteroatoms. The molecule has 1 spiro atoms. The molecule has 16 nitrogen and oxygen atoms in total. The lowest BCUT2D eigenvalue weighted by molar-refractivity contribution is -0.136. The van der Waals surface area contributed by atoms with Crippen molar-refractivity contribution in [2.45, 2.75) is 84.0 Å². The average molecular weight is 791 g/mol. The number of methoxy groups -OCH3 is 2. The highest BCUT2D eigenvalue weighted by Crippen LogP contribution is 2.58. The second kappa shape index (κ2) is 15.4. The SMILES string of the molecule is COC(=O)N[C@H](C(=O)N1CCC[C@H]1c1ncc(-c2ccc3nc(-c4ccc5nc([C@@H]6CC7(CC7)CN6C(=O)[C@@H](NC(=O)OC)C(C)C)[nH]c5c4)cnc3c2)[nH]1)C(C)C. The maximum atomic E-state index is 13.9. The number of amides is 4. The maximum Gasteiger partial charge on any atom is 0.407 e. The zero-order valence-corrected chi connectivity index (χ0v) is 33.7. The van der Waals surface area contributed by atoms with Crippen LogP contribution in [0, 0.1) is 17.3 Å². The summed E-state index contributed by atoms with van der Waals surface area (Å²) in [6, 6.07) is 9.93. The number of aromatic nitrogens is 6. The molecule has 5 aromatic rings. The van der Waals surface area contributed by atoms with Gasteiger partial charge in [-0.2, -0.15) is 0 Å². The van der Waals surface area contributed by atoms with Crippen LogP contribution in [0.3, 0.4) is 0 Å². The zero-order chi connectivity index (χ0) is 40.9. The minimum Gasteiger partial charge on any atom is -0.453 e. The van der Waals surface area contributed by atoms with Crippen molar-refractivity contribution in [2.75, 3.05) is 27.3 Å². The predicted molar refractivity (Wildman–Crippen MR) is 215 cm³/mol. The molecule has 0 unspecified atom stereocenters. The van der Waals surface area contributed by atoms with Gasteiger partial charge in [0.15, 0.2) is 0 Å². The summed E-state index contributed by atoms with van der Waals surface area (Å²) < 4.78 is 9.58. The lowest BCUT2D eigenvalue weighted by Crippen LogP contribution is -2.51. The van der Waals surface area contributed by atoms with Crippen molar-refractivity contribution < 1.29 is 28.7 Å². The van der Waals surface area contributed by atoms with E-state index in [4.69, 9.17) is 24.4 Å². The lowest BCUT2D eigenvalue weighted by atomic mass is 10.0. The first-order valence-electron chi connectivity index (χ1n) is 20.0. The summed E-state index contributed by atoms with van der Waals surface area (Å²) in [5.41, 5.74) is 6.42. The molecule has 3 aromatic heterocycles. The van der Waals surface area contributed by atoms with Crippen molar-refractivity contribution >= 4 is 46.1 Å². The Morgan fingerprint density at radius 2 is 1.43 bits per heavy atom. The molecule has 0 bridgehead atoms. The fraction of sp³-hybridized carbons (Fsp3) is 0.476. The third-order valence-corrected chi connectivity index (χ3v) is 11.9. The number of carbonyl (C=O) groups is 4. The number of H-pyrrole nitrogens is 2. The molecule has 2 aliphatic heterocycles. The van der Waals surface area contributed by atoms with E-state index in [9.17, 15) is 19.2 Å². The van der Waals surface area contributed by atoms with Crippen LogP contribution in [0.1, 0.15) is 83.5 Å². The molecular formula is C42H50N10O6. The van der Waals surface area contributed by atoms with Gasteiger partial charge in [0.05, 0.1) is 72.2 Å². The first kappa shape index (κ1) is 38.8. The van der Waals surface area contributed by atoms with Gasteiger partial charge in [-0.15, -0.1) is 0 Å². The van der Waals surface area contributed by atoms with Crippen LogP contribution in [-0.4, -0.2) is 103 Å². The minimum atomic E-state index is -0.707. The second-order valence-corrected chi connectivity index (χ2v) is 16.6. The highest BCUT2D eigenvalue weighted by Gasteiger charge is 2.55. The second-order valence-electron chi connectivity index (χ2n) is 16.6. The van der Waals surface area contributed by atoms with Crippen LogP contribution in [0.15, 0.2) is 48.8 Å². The molecule has 4 amide bonds. The fourth-order valence-electron chi connectivity index (χ4n) is 8.46. The summed E-state index contributed by atoms with van der Waals surface area (Å²) in [5, 5.41) is 5.43. The Labute approximate surface area is 335 Å². The van der Waals surface area contributed by atoms with Gasteiger partial charge in [0.2, 0.25) is 11.8 Å². The van der Waals surface area contributed by atoms with Crippen LogP contribution in [0.2, 0.25) is 0 Å². The Kier molecular flexibility index (Phi) is 10.3. The first-order chi connectivity index (χ1) is 27.9. The highest BCUT2D eigenvalue weighted by atomic mass is 16.5. The van der Waals surface area contributed by atoms with Crippen molar-refractivity contribution in [3.8, 4) is 22.5 Å². The molecule has 304 valence electrons. The van der Waals surface area contributed by atoms with Gasteiger partial charge in [-0.05, 0) is 73.6 Å². The number of benzene rings is 2. The molecular weight excluding hydrogens is 741 g/mol. The number of ether oxygens (including phenoxy) is 2. The van der Waals surface area contributed by atoms with E-state index in [-0.39, 0.29) is 41.1 Å². The van der Waals surface area contributed by atoms with Crippen LogP contribution >= 0.6 is 0 Å². The van der Waals surface area contributed by atoms with Gasteiger partial charge in [-0.1, -0.05) is 39.8 Å². The number of fused-ring (bicyclic) bond motifs is 2. The Bertz CT molecular complexity index is 2380. The van der Waals surface area contributed by atoms with Gasteiger partial charge >= 0.3 is 12.2 Å². The molecule has 2 aromatic carbocycles. The molecule has 1 aliphatic carbocycles. The standard InChI is InChI=1S/C42H50N10O6/c1-22(2)34(49-40(55)57-5)38(53)51-15-7-8-32(51)36-44-20-31(48-36)24-9-11-26-28(16-24)43-19-30(45-26)25-10-12-27-29(17-25)47-37(46-27)33-18-42(13-14-42)21-52(33)39(54)35(23(3)4)50-41(56)58-6/h9-12,16-17,19-20,22-23,32-35H,7-8,13-15,18,21H2,1-6H3,(H,44,48)(H,46,47)(H,49,55)(H,50,56)/t32-,33-,34-,35-/m0/s1. The number of hydrogen-bond acceptors (Lipinski definition) is 10. The van der Waals surface area contributed by atoms with E-state index in [0.717, 1.165) is 76.8 Å². The van der Waals surface area contributed by atoms with E-state index in [1.54, 1.807) is 17.3 Å². The molecule has 3 fully saturated rings. The van der Waals surface area contributed by atoms with Crippen LogP contribution in [0.25, 0.3) is 44.6 Å². The van der Waals surface area contributed by atoms with E-state index < -0.39 is 24.3 Å². The van der Waals surface area contributed by atoms with Crippen molar-refractivity contribution in [1.29, 1.82) is 0 Å². The third-order valence-electron chi connectivity index (χ3n) is 11.9. The Morgan fingerprint density at radius 1 is 0.759 bits per heavy atom. The van der Waals surface area contributed by atoms with Gasteiger partial charge in [-0.25, -0.2) is 24.5 Å². The molecule has 0 radical (unpaired) electrons. The Balaban J connectivity index is 0.997. The van der Waals surface area contributed by atoms with Gasteiger partial charge < -0.3 is 39.9 Å². The van der Waals surface area contributed by atoms with E-state index in [0.29, 0.717) is 24.6 Å². The number of carbonyl (C=O) groups excluding carboxylic acids is 4. The summed E-state index contributed by atoms with van der Waals surface area (Å²) in [5.74, 6) is 0.890. The first-order valence-corrected chi connectivity index (χ1v) is 20.0. The summed E-state index contributed by atoms with van der Waals surface area (Å²) in [7, 11) is 2.58. The van der Waals surface area contributed by atoms with Crippen molar-refractivity contribution in [3.05, 3.63) is 60.4 Å². The average Bonchev–Trinajstić information content (AvgIpc) is 3.71. The van der Waals surface area contributed by atoms with Crippen molar-refractivity contribution in [1.82, 2.24) is 50.3 Å². The molecule has 4 atom stereocenters. The van der Waals surface area contributed by atoms with E-state index >= 15 is 0 Å². The van der Waals surface area contributed by atoms with Crippen LogP contribution in [0.5, 0.6) is 0 Å². The summed E-state index contributed by atoms with van der Waals surface area (Å²) >= 11 is 0.